The van der Waals surface area contributed by atoms with Gasteiger partial charge in [-0.1, -0.05) is 45.4 Å². The number of rotatable bonds is 14. The van der Waals surface area contributed by atoms with E-state index in [0.29, 0.717) is 31.6 Å². The number of benzene rings is 1. The average molecular weight is 585 g/mol. The fourth-order valence-corrected chi connectivity index (χ4v) is 6.93. The Bertz CT molecular complexity index is 1020. The summed E-state index contributed by atoms with van der Waals surface area (Å²) in [4.78, 5) is 43.4. The van der Waals surface area contributed by atoms with E-state index in [1.54, 1.807) is 19.2 Å². The lowest BCUT2D eigenvalue weighted by Gasteiger charge is -2.52. The summed E-state index contributed by atoms with van der Waals surface area (Å²) in [6.45, 7) is 5.93. The van der Waals surface area contributed by atoms with Crippen LogP contribution >= 0.6 is 0 Å². The molecule has 3 fully saturated rings. The van der Waals surface area contributed by atoms with Crippen molar-refractivity contribution in [3.05, 3.63) is 29.8 Å². The number of likely N-dealkylation sites (tertiary alicyclic amines) is 1. The smallest absolute Gasteiger partial charge is 0.251 e. The molecule has 3 amide bonds. The molecule has 3 aliphatic rings. The fraction of sp³-hybridized carbons (Fsp3) is 0.727. The Balaban J connectivity index is 1.19. The number of aliphatic hydroxyl groups excluding tert-OH is 1. The minimum Gasteiger partial charge on any atom is -0.494 e. The minimum atomic E-state index is -0.813. The maximum atomic E-state index is 13.8. The molecule has 2 aliphatic heterocycles. The molecule has 3 N–H and O–H groups in total. The Morgan fingerprint density at radius 1 is 1.02 bits per heavy atom. The number of carbonyl (C=O) groups excluding carboxylic acids is 3. The van der Waals surface area contributed by atoms with E-state index in [9.17, 15) is 19.5 Å². The van der Waals surface area contributed by atoms with E-state index in [2.05, 4.69) is 22.5 Å². The van der Waals surface area contributed by atoms with Gasteiger partial charge in [-0.3, -0.25) is 14.4 Å². The van der Waals surface area contributed by atoms with Crippen molar-refractivity contribution in [2.75, 3.05) is 39.8 Å². The van der Waals surface area contributed by atoms with Crippen LogP contribution in [0.15, 0.2) is 24.3 Å². The number of piperazine rings is 1. The lowest BCUT2D eigenvalue weighted by Crippen LogP contribution is -2.75. The van der Waals surface area contributed by atoms with Crippen LogP contribution in [0.4, 0.5) is 0 Å². The molecule has 42 heavy (non-hydrogen) atoms. The monoisotopic (exact) mass is 584 g/mol. The maximum Gasteiger partial charge on any atom is 0.251 e. The van der Waals surface area contributed by atoms with Gasteiger partial charge in [-0.2, -0.15) is 0 Å². The van der Waals surface area contributed by atoms with E-state index in [1.807, 2.05) is 17.0 Å². The van der Waals surface area contributed by atoms with Gasteiger partial charge in [-0.25, -0.2) is 0 Å². The summed E-state index contributed by atoms with van der Waals surface area (Å²) in [5.74, 6) is 0.608. The number of nitrogens with zero attached hydrogens (tertiary/aromatic N) is 2. The zero-order valence-corrected chi connectivity index (χ0v) is 25.7. The number of unbranched alkanes of at least 4 members (excludes halogenated alkanes) is 4. The average Bonchev–Trinajstić information content (AvgIpc) is 3.03. The van der Waals surface area contributed by atoms with Gasteiger partial charge in [0.05, 0.1) is 12.7 Å². The number of ether oxygens (including phenoxy) is 1. The number of amides is 3. The standard InChI is InChI=1S/C33H52N4O5/c1-3-4-21-37-31(40)28(29(38)25-12-8-7-9-13-25)35-32(41)33(37)18-22-36(23-19-33)20-10-5-6-11-24-42-27-16-14-26(15-17-27)30(39)34-2/h14-17,25,28-29,38H,3-13,18-24H2,1-2H3,(H,34,39)(H,35,41)/t28-,29-/m1/s1. The number of piperidine rings is 1. The summed E-state index contributed by atoms with van der Waals surface area (Å²) < 4.78 is 5.82. The van der Waals surface area contributed by atoms with Crippen LogP contribution in [0.25, 0.3) is 0 Å². The van der Waals surface area contributed by atoms with Crippen LogP contribution < -0.4 is 15.4 Å². The number of hydrogen-bond donors (Lipinski definition) is 3. The Morgan fingerprint density at radius 3 is 2.38 bits per heavy atom. The molecule has 2 atom stereocenters. The molecule has 9 nitrogen and oxygen atoms in total. The Labute approximate surface area is 251 Å². The third kappa shape index (κ3) is 7.84. The highest BCUT2D eigenvalue weighted by Gasteiger charge is 2.55. The molecule has 1 aromatic carbocycles. The first kappa shape index (κ1) is 32.3. The molecule has 0 unspecified atom stereocenters. The second kappa shape index (κ2) is 15.7. The van der Waals surface area contributed by atoms with E-state index in [1.165, 1.54) is 6.42 Å². The van der Waals surface area contributed by atoms with E-state index in [0.717, 1.165) is 89.6 Å². The molecule has 0 bridgehead atoms. The first-order valence-electron chi connectivity index (χ1n) is 16.4. The summed E-state index contributed by atoms with van der Waals surface area (Å²) in [5.41, 5.74) is -0.169. The second-order valence-corrected chi connectivity index (χ2v) is 12.4. The molecule has 9 heteroatoms. The molecule has 0 radical (unpaired) electrons. The van der Waals surface area contributed by atoms with E-state index in [-0.39, 0.29) is 23.6 Å². The third-order valence-electron chi connectivity index (χ3n) is 9.63. The zero-order chi connectivity index (χ0) is 30.0. The Hall–Kier alpha value is -2.65. The van der Waals surface area contributed by atoms with E-state index < -0.39 is 17.7 Å². The van der Waals surface area contributed by atoms with Gasteiger partial charge >= 0.3 is 0 Å². The van der Waals surface area contributed by atoms with Gasteiger partial charge in [0.25, 0.3) is 5.91 Å². The van der Waals surface area contributed by atoms with Crippen molar-refractivity contribution in [3.8, 4) is 5.75 Å². The van der Waals surface area contributed by atoms with Crippen molar-refractivity contribution in [3.63, 3.8) is 0 Å². The third-order valence-corrected chi connectivity index (χ3v) is 9.63. The van der Waals surface area contributed by atoms with Crippen LogP contribution in [0.5, 0.6) is 5.75 Å². The Kier molecular flexibility index (Phi) is 12.1. The van der Waals surface area contributed by atoms with Crippen molar-refractivity contribution in [2.24, 2.45) is 5.92 Å². The molecular formula is C33H52N4O5. The molecule has 1 saturated carbocycles. The minimum absolute atomic E-state index is 0.0685. The predicted molar refractivity (Wildman–Crippen MR) is 163 cm³/mol. The van der Waals surface area contributed by atoms with Gasteiger partial charge < -0.3 is 30.3 Å². The van der Waals surface area contributed by atoms with Crippen LogP contribution in [0.3, 0.4) is 0 Å². The van der Waals surface area contributed by atoms with Gasteiger partial charge in [-0.15, -0.1) is 0 Å². The van der Waals surface area contributed by atoms with Crippen LogP contribution in [0.2, 0.25) is 0 Å². The van der Waals surface area contributed by atoms with Crippen LogP contribution in [-0.4, -0.2) is 90.1 Å². The largest absolute Gasteiger partial charge is 0.494 e. The lowest BCUT2D eigenvalue weighted by atomic mass is 9.78. The molecule has 1 aliphatic carbocycles. The predicted octanol–water partition coefficient (Wildman–Crippen LogP) is 3.89. The number of nitrogens with one attached hydrogen (secondary N) is 2. The van der Waals surface area contributed by atoms with Gasteiger partial charge in [0.2, 0.25) is 11.8 Å². The second-order valence-electron chi connectivity index (χ2n) is 12.4. The Morgan fingerprint density at radius 2 is 1.71 bits per heavy atom. The quantitative estimate of drug-likeness (QED) is 0.286. The van der Waals surface area contributed by atoms with Crippen molar-refractivity contribution in [1.82, 2.24) is 20.4 Å². The summed E-state index contributed by atoms with van der Waals surface area (Å²) >= 11 is 0. The lowest BCUT2D eigenvalue weighted by molar-refractivity contribution is -0.165. The van der Waals surface area contributed by atoms with Crippen molar-refractivity contribution in [2.45, 2.75) is 108 Å². The molecule has 0 aromatic heterocycles. The number of aliphatic hydroxyl groups is 1. The van der Waals surface area contributed by atoms with Crippen molar-refractivity contribution >= 4 is 17.7 Å². The van der Waals surface area contributed by atoms with Crippen molar-refractivity contribution < 1.29 is 24.2 Å². The van der Waals surface area contributed by atoms with E-state index in [4.69, 9.17) is 4.74 Å². The van der Waals surface area contributed by atoms with Crippen molar-refractivity contribution in [1.29, 1.82) is 0 Å². The summed E-state index contributed by atoms with van der Waals surface area (Å²) in [6.07, 6.45) is 11.8. The fourth-order valence-electron chi connectivity index (χ4n) is 6.93. The molecule has 2 saturated heterocycles. The molecule has 1 aromatic rings. The number of hydrogen-bond acceptors (Lipinski definition) is 6. The molecular weight excluding hydrogens is 532 g/mol. The summed E-state index contributed by atoms with van der Waals surface area (Å²) in [6, 6.07) is 6.39. The highest BCUT2D eigenvalue weighted by Crippen LogP contribution is 2.36. The normalized spacial score (nSPS) is 22.2. The van der Waals surface area contributed by atoms with Gasteiger partial charge in [0.15, 0.2) is 0 Å². The van der Waals surface area contributed by atoms with E-state index >= 15 is 0 Å². The van der Waals surface area contributed by atoms with Gasteiger partial charge in [0.1, 0.15) is 17.3 Å². The van der Waals surface area contributed by atoms with Gasteiger partial charge in [-0.05, 0) is 81.7 Å². The SMILES string of the molecule is CCCCN1C(=O)[C@@H]([C@H](O)C2CCCCC2)NC(=O)C12CCN(CCCCCCOc1ccc(C(=O)NC)cc1)CC2. The highest BCUT2D eigenvalue weighted by molar-refractivity contribution is 6.00. The molecule has 4 rings (SSSR count). The summed E-state index contributed by atoms with van der Waals surface area (Å²) in [7, 11) is 1.62. The van der Waals surface area contributed by atoms with Crippen LogP contribution in [-0.2, 0) is 9.59 Å². The first-order valence-corrected chi connectivity index (χ1v) is 16.4. The van der Waals surface area contributed by atoms with Crippen LogP contribution in [0.1, 0.15) is 101 Å². The number of carbonyl (C=O) groups is 3. The van der Waals surface area contributed by atoms with Gasteiger partial charge in [0, 0.05) is 32.2 Å². The molecule has 1 spiro atoms. The molecule has 234 valence electrons. The van der Waals surface area contributed by atoms with Crippen LogP contribution in [0, 0.1) is 5.92 Å². The topological polar surface area (TPSA) is 111 Å². The first-order chi connectivity index (χ1) is 20.4. The highest BCUT2D eigenvalue weighted by atomic mass is 16.5. The summed E-state index contributed by atoms with van der Waals surface area (Å²) in [5, 5.41) is 16.8. The maximum absolute atomic E-state index is 13.8. The zero-order valence-electron chi connectivity index (χ0n) is 25.7. The molecule has 2 heterocycles.